The molecule has 2 amide bonds. The fourth-order valence-electron chi connectivity index (χ4n) is 3.36. The Morgan fingerprint density at radius 3 is 2.62 bits per heavy atom. The first-order valence-corrected chi connectivity index (χ1v) is 7.96. The summed E-state index contributed by atoms with van der Waals surface area (Å²) >= 11 is 0. The molecule has 1 aliphatic carbocycles. The van der Waals surface area contributed by atoms with Gasteiger partial charge in [0.25, 0.3) is 0 Å². The normalized spacial score (nSPS) is 19.0. The molecule has 3 rings (SSSR count). The number of hydrogen-bond acceptors (Lipinski definition) is 2. The lowest BCUT2D eigenvalue weighted by atomic mass is 9.95. The van der Waals surface area contributed by atoms with Gasteiger partial charge < -0.3 is 10.2 Å². The third kappa shape index (κ3) is 3.09. The number of rotatable bonds is 1. The smallest absolute Gasteiger partial charge is 0.316 e. The average molecular weight is 286 g/mol. The number of benzene rings is 1. The molecule has 21 heavy (non-hydrogen) atoms. The molecule has 0 radical (unpaired) electrons. The van der Waals surface area contributed by atoms with Crippen LogP contribution in [0.15, 0.2) is 24.3 Å². The standard InChI is InChI=1S/C17H22N2O2/c20-16(18-14-9-2-1-3-10-14)17(21)19-12-6-8-13-7-4-5-11-15(13)19/h4-5,7,11,14H,1-3,6,8-10,12H2,(H,18,20). The predicted molar refractivity (Wildman–Crippen MR) is 82.1 cm³/mol. The fourth-order valence-corrected chi connectivity index (χ4v) is 3.36. The van der Waals surface area contributed by atoms with Crippen molar-refractivity contribution in [1.82, 2.24) is 5.32 Å². The first-order chi connectivity index (χ1) is 10.3. The van der Waals surface area contributed by atoms with Crippen LogP contribution < -0.4 is 10.2 Å². The van der Waals surface area contributed by atoms with Crippen LogP contribution in [0, 0.1) is 0 Å². The zero-order valence-corrected chi connectivity index (χ0v) is 12.3. The topological polar surface area (TPSA) is 49.4 Å². The van der Waals surface area contributed by atoms with Gasteiger partial charge in [-0.2, -0.15) is 0 Å². The lowest BCUT2D eigenvalue weighted by Crippen LogP contribution is -2.48. The van der Waals surface area contributed by atoms with E-state index in [4.69, 9.17) is 0 Å². The first kappa shape index (κ1) is 14.1. The third-order valence-corrected chi connectivity index (χ3v) is 4.49. The van der Waals surface area contributed by atoms with Crippen molar-refractivity contribution < 1.29 is 9.59 Å². The van der Waals surface area contributed by atoms with Gasteiger partial charge in [0.2, 0.25) is 0 Å². The highest BCUT2D eigenvalue weighted by molar-refractivity contribution is 6.40. The van der Waals surface area contributed by atoms with Gasteiger partial charge in [0, 0.05) is 18.3 Å². The number of nitrogens with one attached hydrogen (secondary N) is 1. The molecule has 1 N–H and O–H groups in total. The van der Waals surface area contributed by atoms with Gasteiger partial charge in [-0.05, 0) is 37.3 Å². The molecular formula is C17H22N2O2. The second kappa shape index (κ2) is 6.29. The van der Waals surface area contributed by atoms with Gasteiger partial charge in [-0.25, -0.2) is 0 Å². The van der Waals surface area contributed by atoms with Crippen molar-refractivity contribution in [3.8, 4) is 0 Å². The number of fused-ring (bicyclic) bond motifs is 1. The van der Waals surface area contributed by atoms with Crippen molar-refractivity contribution in [1.29, 1.82) is 0 Å². The van der Waals surface area contributed by atoms with E-state index in [1.807, 2.05) is 24.3 Å². The maximum absolute atomic E-state index is 12.4. The highest BCUT2D eigenvalue weighted by Gasteiger charge is 2.28. The molecule has 0 unspecified atom stereocenters. The molecule has 0 bridgehead atoms. The van der Waals surface area contributed by atoms with E-state index >= 15 is 0 Å². The Hall–Kier alpha value is -1.84. The molecule has 112 valence electrons. The van der Waals surface area contributed by atoms with Crippen molar-refractivity contribution in [2.24, 2.45) is 0 Å². The molecule has 0 spiro atoms. The molecule has 0 saturated heterocycles. The van der Waals surface area contributed by atoms with Gasteiger partial charge in [-0.3, -0.25) is 9.59 Å². The minimum Gasteiger partial charge on any atom is -0.345 e. The SMILES string of the molecule is O=C(NC1CCCCC1)C(=O)N1CCCc2ccccc21. The van der Waals surface area contributed by atoms with E-state index in [2.05, 4.69) is 5.32 Å². The maximum Gasteiger partial charge on any atom is 0.316 e. The number of aryl methyl sites for hydroxylation is 1. The number of carbonyl (C=O) groups excluding carboxylic acids is 2. The van der Waals surface area contributed by atoms with Crippen LogP contribution in [0.25, 0.3) is 0 Å². The molecule has 2 aliphatic rings. The molecule has 1 saturated carbocycles. The highest BCUT2D eigenvalue weighted by atomic mass is 16.2. The van der Waals surface area contributed by atoms with E-state index in [9.17, 15) is 9.59 Å². The van der Waals surface area contributed by atoms with Gasteiger partial charge in [0.1, 0.15) is 0 Å². The van der Waals surface area contributed by atoms with Crippen LogP contribution in [-0.2, 0) is 16.0 Å². The van der Waals surface area contributed by atoms with Crippen LogP contribution in [0.5, 0.6) is 0 Å². The Morgan fingerprint density at radius 2 is 1.81 bits per heavy atom. The van der Waals surface area contributed by atoms with Crippen LogP contribution >= 0.6 is 0 Å². The van der Waals surface area contributed by atoms with E-state index in [1.165, 1.54) is 6.42 Å². The van der Waals surface area contributed by atoms with Gasteiger partial charge in [-0.1, -0.05) is 37.5 Å². The Balaban J connectivity index is 1.69. The highest BCUT2D eigenvalue weighted by Crippen LogP contribution is 2.26. The van der Waals surface area contributed by atoms with Crippen LogP contribution in [0.2, 0.25) is 0 Å². The van der Waals surface area contributed by atoms with Crippen molar-refractivity contribution in [3.63, 3.8) is 0 Å². The first-order valence-electron chi connectivity index (χ1n) is 7.96. The van der Waals surface area contributed by atoms with Crippen molar-refractivity contribution in [3.05, 3.63) is 29.8 Å². The zero-order chi connectivity index (χ0) is 14.7. The second-order valence-electron chi connectivity index (χ2n) is 6.00. The molecular weight excluding hydrogens is 264 g/mol. The monoisotopic (exact) mass is 286 g/mol. The second-order valence-corrected chi connectivity index (χ2v) is 6.00. The van der Waals surface area contributed by atoms with Crippen molar-refractivity contribution in [2.45, 2.75) is 51.0 Å². The number of para-hydroxylation sites is 1. The predicted octanol–water partition coefficient (Wildman–Crippen LogP) is 2.41. The zero-order valence-electron chi connectivity index (χ0n) is 12.3. The van der Waals surface area contributed by atoms with Crippen LogP contribution in [-0.4, -0.2) is 24.4 Å². The molecule has 1 fully saturated rings. The summed E-state index contributed by atoms with van der Waals surface area (Å²) in [6.45, 7) is 0.633. The average Bonchev–Trinajstić information content (AvgIpc) is 2.54. The number of nitrogens with zero attached hydrogens (tertiary/aromatic N) is 1. The summed E-state index contributed by atoms with van der Waals surface area (Å²) in [7, 11) is 0. The minimum absolute atomic E-state index is 0.176. The van der Waals surface area contributed by atoms with Crippen molar-refractivity contribution >= 4 is 17.5 Å². The molecule has 4 nitrogen and oxygen atoms in total. The van der Waals surface area contributed by atoms with Crippen LogP contribution in [0.4, 0.5) is 5.69 Å². The third-order valence-electron chi connectivity index (χ3n) is 4.49. The summed E-state index contributed by atoms with van der Waals surface area (Å²) in [5, 5.41) is 2.92. The number of amides is 2. The van der Waals surface area contributed by atoms with Gasteiger partial charge >= 0.3 is 11.8 Å². The quantitative estimate of drug-likeness (QED) is 0.806. The summed E-state index contributed by atoms with van der Waals surface area (Å²) in [5.41, 5.74) is 2.05. The summed E-state index contributed by atoms with van der Waals surface area (Å²) in [5.74, 6) is -0.855. The molecule has 1 aromatic carbocycles. The molecule has 0 aromatic heterocycles. The van der Waals surface area contributed by atoms with Crippen molar-refractivity contribution in [2.75, 3.05) is 11.4 Å². The Labute approximate surface area is 125 Å². The summed E-state index contributed by atoms with van der Waals surface area (Å²) in [6.07, 6.45) is 7.41. The lowest BCUT2D eigenvalue weighted by molar-refractivity contribution is -0.138. The lowest BCUT2D eigenvalue weighted by Gasteiger charge is -2.30. The number of carbonyl (C=O) groups is 2. The molecule has 4 heteroatoms. The number of anilines is 1. The fraction of sp³-hybridized carbons (Fsp3) is 0.529. The van der Waals surface area contributed by atoms with E-state index < -0.39 is 11.8 Å². The van der Waals surface area contributed by atoms with E-state index in [1.54, 1.807) is 4.90 Å². The van der Waals surface area contributed by atoms with E-state index in [0.717, 1.165) is 49.8 Å². The Kier molecular flexibility index (Phi) is 4.23. The summed E-state index contributed by atoms with van der Waals surface area (Å²) < 4.78 is 0. The van der Waals surface area contributed by atoms with E-state index in [0.29, 0.717) is 6.54 Å². The largest absolute Gasteiger partial charge is 0.345 e. The molecule has 1 aromatic rings. The maximum atomic E-state index is 12.4. The minimum atomic E-state index is -0.446. The van der Waals surface area contributed by atoms with Gasteiger partial charge in [0.15, 0.2) is 0 Å². The summed E-state index contributed by atoms with van der Waals surface area (Å²) in [6, 6.07) is 8.04. The molecule has 1 aliphatic heterocycles. The number of hydrogen-bond donors (Lipinski definition) is 1. The van der Waals surface area contributed by atoms with Gasteiger partial charge in [-0.15, -0.1) is 0 Å². The Morgan fingerprint density at radius 1 is 1.05 bits per heavy atom. The molecule has 1 heterocycles. The summed E-state index contributed by atoms with van der Waals surface area (Å²) in [4.78, 5) is 26.3. The van der Waals surface area contributed by atoms with Crippen LogP contribution in [0.1, 0.15) is 44.1 Å². The van der Waals surface area contributed by atoms with Crippen LogP contribution in [0.3, 0.4) is 0 Å². The Bertz CT molecular complexity index is 535. The van der Waals surface area contributed by atoms with Gasteiger partial charge in [0.05, 0.1) is 0 Å². The van der Waals surface area contributed by atoms with E-state index in [-0.39, 0.29) is 6.04 Å². The molecule has 0 atom stereocenters.